The van der Waals surface area contributed by atoms with Gasteiger partial charge in [-0.1, -0.05) is 12.1 Å². The third-order valence-electron chi connectivity index (χ3n) is 2.40. The van der Waals surface area contributed by atoms with E-state index in [-0.39, 0.29) is 6.54 Å². The second kappa shape index (κ2) is 5.04. The first-order valence-corrected chi connectivity index (χ1v) is 5.96. The Bertz CT molecular complexity index is 429. The van der Waals surface area contributed by atoms with E-state index in [1.165, 1.54) is 4.90 Å². The van der Waals surface area contributed by atoms with Crippen LogP contribution in [0.2, 0.25) is 0 Å². The molecule has 0 aliphatic heterocycles. The standard InChI is InChI=1S/C12H15BrFNO2/c1-12(2,3)15(11(16)17)7-8-5-4-6-9(13)10(8)14/h4-6H,7H2,1-3H3,(H,16,17). The fourth-order valence-corrected chi connectivity index (χ4v) is 1.84. The molecule has 0 aromatic heterocycles. The van der Waals surface area contributed by atoms with Crippen LogP contribution >= 0.6 is 15.9 Å². The summed E-state index contributed by atoms with van der Waals surface area (Å²) in [7, 11) is 0. The normalized spacial score (nSPS) is 11.4. The van der Waals surface area contributed by atoms with Crippen molar-refractivity contribution in [1.29, 1.82) is 0 Å². The lowest BCUT2D eigenvalue weighted by Crippen LogP contribution is -2.44. The van der Waals surface area contributed by atoms with E-state index in [1.54, 1.807) is 39.0 Å². The van der Waals surface area contributed by atoms with Crippen molar-refractivity contribution in [2.24, 2.45) is 0 Å². The van der Waals surface area contributed by atoms with Crippen LogP contribution in [0.25, 0.3) is 0 Å². The molecule has 0 fully saturated rings. The van der Waals surface area contributed by atoms with Gasteiger partial charge in [0, 0.05) is 11.1 Å². The van der Waals surface area contributed by atoms with Crippen molar-refractivity contribution in [2.75, 3.05) is 0 Å². The van der Waals surface area contributed by atoms with Crippen molar-refractivity contribution in [2.45, 2.75) is 32.9 Å². The minimum absolute atomic E-state index is 0.0319. The third-order valence-corrected chi connectivity index (χ3v) is 3.01. The molecule has 0 unspecified atom stereocenters. The lowest BCUT2D eigenvalue weighted by atomic mass is 10.1. The molecule has 0 aliphatic rings. The molecule has 0 heterocycles. The van der Waals surface area contributed by atoms with E-state index in [1.807, 2.05) is 0 Å². The van der Waals surface area contributed by atoms with Gasteiger partial charge < -0.3 is 5.11 Å². The largest absolute Gasteiger partial charge is 0.465 e. The van der Waals surface area contributed by atoms with E-state index < -0.39 is 17.4 Å². The van der Waals surface area contributed by atoms with E-state index in [9.17, 15) is 9.18 Å². The highest BCUT2D eigenvalue weighted by Crippen LogP contribution is 2.23. The van der Waals surface area contributed by atoms with Crippen molar-refractivity contribution in [1.82, 2.24) is 4.90 Å². The fourth-order valence-electron chi connectivity index (χ4n) is 1.43. The highest BCUT2D eigenvalue weighted by Gasteiger charge is 2.27. The summed E-state index contributed by atoms with van der Waals surface area (Å²) in [6.45, 7) is 5.36. The van der Waals surface area contributed by atoms with Gasteiger partial charge in [-0.15, -0.1) is 0 Å². The van der Waals surface area contributed by atoms with Gasteiger partial charge in [0.15, 0.2) is 0 Å². The van der Waals surface area contributed by atoms with E-state index in [4.69, 9.17) is 5.11 Å². The number of rotatable bonds is 2. The van der Waals surface area contributed by atoms with Gasteiger partial charge in [0.05, 0.1) is 11.0 Å². The van der Waals surface area contributed by atoms with Crippen LogP contribution in [0.5, 0.6) is 0 Å². The molecule has 1 rings (SSSR count). The molecule has 1 amide bonds. The maximum atomic E-state index is 13.7. The summed E-state index contributed by atoms with van der Waals surface area (Å²) < 4.78 is 14.1. The molecule has 0 aliphatic carbocycles. The molecule has 1 N–H and O–H groups in total. The minimum atomic E-state index is -1.06. The van der Waals surface area contributed by atoms with Gasteiger partial charge in [0.25, 0.3) is 0 Å². The monoisotopic (exact) mass is 303 g/mol. The van der Waals surface area contributed by atoms with Crippen LogP contribution in [0.3, 0.4) is 0 Å². The molecule has 3 nitrogen and oxygen atoms in total. The second-order valence-corrected chi connectivity index (χ2v) is 5.61. The topological polar surface area (TPSA) is 40.5 Å². The molecule has 0 atom stereocenters. The van der Waals surface area contributed by atoms with Crippen LogP contribution in [0.1, 0.15) is 26.3 Å². The van der Waals surface area contributed by atoms with Crippen LogP contribution in [-0.4, -0.2) is 21.6 Å². The number of hydrogen-bond acceptors (Lipinski definition) is 1. The van der Waals surface area contributed by atoms with E-state index in [0.717, 1.165) is 0 Å². The van der Waals surface area contributed by atoms with Gasteiger partial charge in [-0.3, -0.25) is 4.90 Å². The molecule has 1 aromatic carbocycles. The average Bonchev–Trinajstić information content (AvgIpc) is 2.17. The molecule has 1 aromatic rings. The lowest BCUT2D eigenvalue weighted by molar-refractivity contribution is 0.0948. The Morgan fingerprint density at radius 3 is 2.53 bits per heavy atom. The van der Waals surface area contributed by atoms with E-state index in [0.29, 0.717) is 10.0 Å². The van der Waals surface area contributed by atoms with Crippen molar-refractivity contribution < 1.29 is 14.3 Å². The SMILES string of the molecule is CC(C)(C)N(Cc1cccc(Br)c1F)C(=O)O. The number of amides is 1. The molecule has 0 bridgehead atoms. The molecule has 94 valence electrons. The molecule has 5 heteroatoms. The summed E-state index contributed by atoms with van der Waals surface area (Å²) in [6, 6.07) is 4.86. The molecule has 0 spiro atoms. The fraction of sp³-hybridized carbons (Fsp3) is 0.417. The lowest BCUT2D eigenvalue weighted by Gasteiger charge is -2.33. The number of carboxylic acid groups (broad SMARTS) is 1. The number of nitrogens with zero attached hydrogens (tertiary/aromatic N) is 1. The van der Waals surface area contributed by atoms with Crippen LogP contribution < -0.4 is 0 Å². The van der Waals surface area contributed by atoms with Crippen molar-refractivity contribution in [3.63, 3.8) is 0 Å². The summed E-state index contributed by atoms with van der Waals surface area (Å²) >= 11 is 3.08. The number of benzene rings is 1. The maximum absolute atomic E-state index is 13.7. The Balaban J connectivity index is 3.03. The van der Waals surface area contributed by atoms with Gasteiger partial charge in [0.1, 0.15) is 5.82 Å². The van der Waals surface area contributed by atoms with Crippen molar-refractivity contribution in [3.05, 3.63) is 34.1 Å². The molecular weight excluding hydrogens is 289 g/mol. The van der Waals surface area contributed by atoms with Crippen LogP contribution in [-0.2, 0) is 6.54 Å². The van der Waals surface area contributed by atoms with E-state index >= 15 is 0 Å². The zero-order valence-corrected chi connectivity index (χ0v) is 11.6. The summed E-state index contributed by atoms with van der Waals surface area (Å²) in [6.07, 6.45) is -1.06. The first-order valence-electron chi connectivity index (χ1n) is 5.17. The first kappa shape index (κ1) is 14.0. The zero-order chi connectivity index (χ0) is 13.2. The predicted molar refractivity (Wildman–Crippen MR) is 67.4 cm³/mol. The quantitative estimate of drug-likeness (QED) is 0.901. The van der Waals surface area contributed by atoms with E-state index in [2.05, 4.69) is 15.9 Å². The Labute approximate surface area is 108 Å². The Kier molecular flexibility index (Phi) is 4.14. The van der Waals surface area contributed by atoms with Crippen molar-refractivity contribution in [3.8, 4) is 0 Å². The van der Waals surface area contributed by atoms with Crippen LogP contribution in [0.15, 0.2) is 22.7 Å². The highest BCUT2D eigenvalue weighted by molar-refractivity contribution is 9.10. The Morgan fingerprint density at radius 2 is 2.06 bits per heavy atom. The Hall–Kier alpha value is -1.10. The molecule has 0 saturated carbocycles. The minimum Gasteiger partial charge on any atom is -0.465 e. The molecule has 0 radical (unpaired) electrons. The van der Waals surface area contributed by atoms with Crippen molar-refractivity contribution >= 4 is 22.0 Å². The summed E-state index contributed by atoms with van der Waals surface area (Å²) in [4.78, 5) is 12.3. The zero-order valence-electron chi connectivity index (χ0n) is 10.00. The Morgan fingerprint density at radius 1 is 1.47 bits per heavy atom. The smallest absolute Gasteiger partial charge is 0.408 e. The predicted octanol–water partition coefficient (Wildman–Crippen LogP) is 3.87. The second-order valence-electron chi connectivity index (χ2n) is 4.75. The summed E-state index contributed by atoms with van der Waals surface area (Å²) in [5.74, 6) is -0.414. The van der Waals surface area contributed by atoms with Gasteiger partial charge in [0.2, 0.25) is 0 Å². The summed E-state index contributed by atoms with van der Waals surface area (Å²) in [5.41, 5.74) is -0.211. The molecule has 17 heavy (non-hydrogen) atoms. The number of hydrogen-bond donors (Lipinski definition) is 1. The van der Waals surface area contributed by atoms with Gasteiger partial charge in [-0.2, -0.15) is 0 Å². The molecular formula is C12H15BrFNO2. The maximum Gasteiger partial charge on any atom is 0.408 e. The third kappa shape index (κ3) is 3.43. The molecule has 0 saturated heterocycles. The number of carbonyl (C=O) groups is 1. The van der Waals surface area contributed by atoms with Gasteiger partial charge in [-0.25, -0.2) is 9.18 Å². The van der Waals surface area contributed by atoms with Crippen LogP contribution in [0.4, 0.5) is 9.18 Å². The van der Waals surface area contributed by atoms with Gasteiger partial charge in [-0.05, 0) is 42.8 Å². The average molecular weight is 304 g/mol. The van der Waals surface area contributed by atoms with Gasteiger partial charge >= 0.3 is 6.09 Å². The number of halogens is 2. The first-order chi connectivity index (χ1) is 7.73. The summed E-state index contributed by atoms with van der Waals surface area (Å²) in [5, 5.41) is 9.12. The highest BCUT2D eigenvalue weighted by atomic mass is 79.9. The van der Waals surface area contributed by atoms with Crippen LogP contribution in [0, 0.1) is 5.82 Å².